The molecule has 4 nitrogen and oxygen atoms in total. The van der Waals surface area contributed by atoms with Gasteiger partial charge in [0.25, 0.3) is 9.05 Å². The van der Waals surface area contributed by atoms with Gasteiger partial charge in [-0.15, -0.1) is 0 Å². The topological polar surface area (TPSA) is 69.4 Å². The zero-order valence-electron chi connectivity index (χ0n) is 10.2. The molecule has 2 N–H and O–H groups in total. The van der Waals surface area contributed by atoms with Crippen LogP contribution in [0.25, 0.3) is 0 Å². The summed E-state index contributed by atoms with van der Waals surface area (Å²) in [7, 11) is 1.50. The first-order valence-electron chi connectivity index (χ1n) is 5.62. The van der Waals surface area contributed by atoms with E-state index in [9.17, 15) is 8.42 Å². The fraction of sp³-hybridized carbons (Fsp3) is 0.0769. The Labute approximate surface area is 126 Å². The van der Waals surface area contributed by atoms with Gasteiger partial charge in [-0.25, -0.2) is 8.42 Å². The van der Waals surface area contributed by atoms with Crippen molar-refractivity contribution in [2.75, 3.05) is 0 Å². The van der Waals surface area contributed by atoms with Gasteiger partial charge in [0.05, 0.1) is 4.90 Å². The Morgan fingerprint density at radius 2 is 1.75 bits per heavy atom. The van der Waals surface area contributed by atoms with Crippen molar-refractivity contribution in [2.45, 2.75) is 11.4 Å². The molecule has 0 heterocycles. The molecule has 0 amide bonds. The number of hydrogen-bond acceptors (Lipinski definition) is 4. The Morgan fingerprint density at radius 1 is 1.10 bits per heavy atom. The van der Waals surface area contributed by atoms with Gasteiger partial charge in [-0.1, -0.05) is 17.7 Å². The Morgan fingerprint density at radius 3 is 2.30 bits per heavy atom. The molecule has 0 aliphatic carbocycles. The lowest BCUT2D eigenvalue weighted by atomic mass is 10.2. The maximum Gasteiger partial charge on any atom is 0.261 e. The van der Waals surface area contributed by atoms with Crippen LogP contribution in [0.15, 0.2) is 47.4 Å². The zero-order valence-corrected chi connectivity index (χ0v) is 12.5. The third-order valence-corrected chi connectivity index (χ3v) is 4.34. The number of benzene rings is 2. The fourth-order valence-electron chi connectivity index (χ4n) is 1.63. The summed E-state index contributed by atoms with van der Waals surface area (Å²) in [4.78, 5) is 0.0108. The van der Waals surface area contributed by atoms with Gasteiger partial charge in [-0.3, -0.25) is 0 Å². The van der Waals surface area contributed by atoms with Crippen molar-refractivity contribution in [1.82, 2.24) is 0 Å². The van der Waals surface area contributed by atoms with Gasteiger partial charge in [0.2, 0.25) is 0 Å². The lowest BCUT2D eigenvalue weighted by molar-refractivity contribution is 0.476. The van der Waals surface area contributed by atoms with Crippen LogP contribution in [-0.4, -0.2) is 8.42 Å². The summed E-state index contributed by atoms with van der Waals surface area (Å²) in [6.07, 6.45) is 0. The van der Waals surface area contributed by atoms with Crippen LogP contribution in [0.3, 0.4) is 0 Å². The average Bonchev–Trinajstić information content (AvgIpc) is 2.38. The van der Waals surface area contributed by atoms with E-state index >= 15 is 0 Å². The van der Waals surface area contributed by atoms with E-state index in [-0.39, 0.29) is 11.4 Å². The molecule has 0 spiro atoms. The highest BCUT2D eigenvalue weighted by Gasteiger charge is 2.11. The molecule has 106 valence electrons. The van der Waals surface area contributed by atoms with E-state index in [4.69, 9.17) is 32.8 Å². The van der Waals surface area contributed by atoms with E-state index in [1.807, 2.05) is 0 Å². The summed E-state index contributed by atoms with van der Waals surface area (Å²) in [5.74, 6) is 0.993. The SMILES string of the molecule is NCc1c(Cl)cccc1Oc1ccc(S(=O)(=O)Cl)cc1. The Kier molecular flexibility index (Phi) is 4.55. The Hall–Kier alpha value is -1.27. The molecule has 0 aliphatic rings. The number of rotatable bonds is 4. The molecule has 0 saturated carbocycles. The summed E-state index contributed by atoms with van der Waals surface area (Å²) in [6, 6.07) is 11.0. The zero-order chi connectivity index (χ0) is 14.8. The molecular formula is C13H11Cl2NO3S. The summed E-state index contributed by atoms with van der Waals surface area (Å²) in [6.45, 7) is 0.239. The maximum atomic E-state index is 11.1. The Bertz CT molecular complexity index is 715. The van der Waals surface area contributed by atoms with Gasteiger partial charge in [0, 0.05) is 27.8 Å². The monoisotopic (exact) mass is 331 g/mol. The molecule has 0 fully saturated rings. The van der Waals surface area contributed by atoms with Crippen LogP contribution in [0.1, 0.15) is 5.56 Å². The molecule has 0 unspecified atom stereocenters. The third kappa shape index (κ3) is 3.43. The minimum atomic E-state index is -3.74. The molecule has 0 aliphatic heterocycles. The Balaban J connectivity index is 2.29. The molecular weight excluding hydrogens is 321 g/mol. The minimum Gasteiger partial charge on any atom is -0.457 e. The molecule has 2 rings (SSSR count). The second-order valence-electron chi connectivity index (χ2n) is 3.93. The van der Waals surface area contributed by atoms with Crippen molar-refractivity contribution < 1.29 is 13.2 Å². The number of hydrogen-bond donors (Lipinski definition) is 1. The van der Waals surface area contributed by atoms with Crippen LogP contribution in [0, 0.1) is 0 Å². The van der Waals surface area contributed by atoms with Gasteiger partial charge in [-0.2, -0.15) is 0 Å². The molecule has 0 bridgehead atoms. The summed E-state index contributed by atoms with van der Waals surface area (Å²) in [5, 5.41) is 0.518. The van der Waals surface area contributed by atoms with Gasteiger partial charge < -0.3 is 10.5 Å². The van der Waals surface area contributed by atoms with E-state index in [1.165, 1.54) is 24.3 Å². The van der Waals surface area contributed by atoms with E-state index < -0.39 is 9.05 Å². The van der Waals surface area contributed by atoms with Crippen LogP contribution in [0.4, 0.5) is 0 Å². The predicted octanol–water partition coefficient (Wildman–Crippen LogP) is 3.52. The van der Waals surface area contributed by atoms with Crippen molar-refractivity contribution in [3.63, 3.8) is 0 Å². The number of ether oxygens (including phenoxy) is 1. The third-order valence-electron chi connectivity index (χ3n) is 2.61. The van der Waals surface area contributed by atoms with Crippen molar-refractivity contribution in [3.8, 4) is 11.5 Å². The number of nitrogens with two attached hydrogens (primary N) is 1. The second kappa shape index (κ2) is 6.01. The molecule has 0 saturated heterocycles. The smallest absolute Gasteiger partial charge is 0.261 e. The highest BCUT2D eigenvalue weighted by molar-refractivity contribution is 8.13. The summed E-state index contributed by atoms with van der Waals surface area (Å²) in [5.41, 5.74) is 6.31. The van der Waals surface area contributed by atoms with Crippen LogP contribution >= 0.6 is 22.3 Å². The predicted molar refractivity (Wildman–Crippen MR) is 78.9 cm³/mol. The normalized spacial score (nSPS) is 11.3. The van der Waals surface area contributed by atoms with Crippen LogP contribution in [0.2, 0.25) is 5.02 Å². The molecule has 20 heavy (non-hydrogen) atoms. The van der Waals surface area contributed by atoms with E-state index in [2.05, 4.69) is 0 Å². The lowest BCUT2D eigenvalue weighted by Crippen LogP contribution is -2.00. The first-order chi connectivity index (χ1) is 9.41. The standard InChI is InChI=1S/C13H11Cl2NO3S/c14-12-2-1-3-13(11(12)8-16)19-9-4-6-10(7-5-9)20(15,17)18/h1-7H,8,16H2. The molecule has 0 atom stereocenters. The molecule has 7 heteroatoms. The van der Waals surface area contributed by atoms with Crippen LogP contribution in [0.5, 0.6) is 11.5 Å². The van der Waals surface area contributed by atoms with E-state index in [1.54, 1.807) is 18.2 Å². The molecule has 2 aromatic rings. The van der Waals surface area contributed by atoms with E-state index in [0.717, 1.165) is 0 Å². The van der Waals surface area contributed by atoms with Crippen molar-refractivity contribution in [1.29, 1.82) is 0 Å². The van der Waals surface area contributed by atoms with Gasteiger partial charge in [0.1, 0.15) is 11.5 Å². The largest absolute Gasteiger partial charge is 0.457 e. The van der Waals surface area contributed by atoms with Crippen molar-refractivity contribution in [2.24, 2.45) is 5.73 Å². The molecule has 0 aromatic heterocycles. The van der Waals surface area contributed by atoms with Crippen LogP contribution in [-0.2, 0) is 15.6 Å². The molecule has 2 aromatic carbocycles. The quantitative estimate of drug-likeness (QED) is 0.870. The van der Waals surface area contributed by atoms with Crippen LogP contribution < -0.4 is 10.5 Å². The lowest BCUT2D eigenvalue weighted by Gasteiger charge is -2.11. The van der Waals surface area contributed by atoms with Crippen molar-refractivity contribution >= 4 is 31.3 Å². The first kappa shape index (κ1) is 15.1. The average molecular weight is 332 g/mol. The fourth-order valence-corrected chi connectivity index (χ4v) is 2.64. The van der Waals surface area contributed by atoms with Gasteiger partial charge >= 0.3 is 0 Å². The minimum absolute atomic E-state index is 0.0108. The van der Waals surface area contributed by atoms with E-state index in [0.29, 0.717) is 22.1 Å². The first-order valence-corrected chi connectivity index (χ1v) is 8.30. The number of halogens is 2. The highest BCUT2D eigenvalue weighted by atomic mass is 35.7. The van der Waals surface area contributed by atoms with Gasteiger partial charge in [0.15, 0.2) is 0 Å². The maximum absolute atomic E-state index is 11.1. The highest BCUT2D eigenvalue weighted by Crippen LogP contribution is 2.30. The molecule has 0 radical (unpaired) electrons. The van der Waals surface area contributed by atoms with Crippen molar-refractivity contribution in [3.05, 3.63) is 53.1 Å². The summed E-state index contributed by atoms with van der Waals surface area (Å²) < 4.78 is 27.9. The second-order valence-corrected chi connectivity index (χ2v) is 6.91. The summed E-state index contributed by atoms with van der Waals surface area (Å²) >= 11 is 6.02. The van der Waals surface area contributed by atoms with Gasteiger partial charge in [-0.05, 0) is 36.4 Å².